The molecule has 24 heavy (non-hydrogen) atoms. The molecular formula is C16H9FN4O3. The standard InChI is InChI=1S/C16H9FN4O3/c17-9-5-7-10(8-6-9)20-13(22)11-3-1-2-4-12(11)21-15(20)18-14(23)19-16(21)24/h1-8H,(H,19,23,24). The monoisotopic (exact) mass is 324 g/mol. The first-order valence-corrected chi connectivity index (χ1v) is 6.99. The van der Waals surface area contributed by atoms with Gasteiger partial charge in [0.2, 0.25) is 5.78 Å². The van der Waals surface area contributed by atoms with Gasteiger partial charge in [-0.15, -0.1) is 0 Å². The van der Waals surface area contributed by atoms with Crippen LogP contribution >= 0.6 is 0 Å². The quantitative estimate of drug-likeness (QED) is 0.525. The highest BCUT2D eigenvalue weighted by molar-refractivity contribution is 5.80. The Hall–Kier alpha value is -3.55. The Morgan fingerprint density at radius 2 is 1.67 bits per heavy atom. The number of nitrogens with zero attached hydrogens (tertiary/aromatic N) is 3. The number of fused-ring (bicyclic) bond motifs is 3. The minimum Gasteiger partial charge on any atom is -0.268 e. The fraction of sp³-hybridized carbons (Fsp3) is 0. The first-order chi connectivity index (χ1) is 11.6. The van der Waals surface area contributed by atoms with E-state index < -0.39 is 22.8 Å². The second-order valence-electron chi connectivity index (χ2n) is 5.12. The van der Waals surface area contributed by atoms with Crippen molar-refractivity contribution in [3.05, 3.63) is 85.7 Å². The number of nitrogens with one attached hydrogen (secondary N) is 1. The van der Waals surface area contributed by atoms with E-state index in [1.165, 1.54) is 24.3 Å². The van der Waals surface area contributed by atoms with Crippen molar-refractivity contribution in [2.45, 2.75) is 0 Å². The fourth-order valence-electron chi connectivity index (χ4n) is 2.66. The highest BCUT2D eigenvalue weighted by Gasteiger charge is 2.15. The Kier molecular flexibility index (Phi) is 2.92. The largest absolute Gasteiger partial charge is 0.352 e. The number of para-hydroxylation sites is 1. The van der Waals surface area contributed by atoms with Gasteiger partial charge in [-0.3, -0.25) is 9.78 Å². The number of hydrogen-bond donors (Lipinski definition) is 1. The van der Waals surface area contributed by atoms with E-state index >= 15 is 0 Å². The van der Waals surface area contributed by atoms with Gasteiger partial charge in [0.15, 0.2) is 0 Å². The van der Waals surface area contributed by atoms with Crippen LogP contribution in [0.2, 0.25) is 0 Å². The molecule has 0 aliphatic rings. The average Bonchev–Trinajstić information content (AvgIpc) is 2.56. The van der Waals surface area contributed by atoms with Crippen LogP contribution in [0.1, 0.15) is 0 Å². The highest BCUT2D eigenvalue weighted by Crippen LogP contribution is 2.14. The van der Waals surface area contributed by atoms with Gasteiger partial charge >= 0.3 is 11.4 Å². The van der Waals surface area contributed by atoms with Crippen molar-refractivity contribution in [3.8, 4) is 5.69 Å². The summed E-state index contributed by atoms with van der Waals surface area (Å²) in [7, 11) is 0. The molecule has 0 spiro atoms. The molecule has 0 unspecified atom stereocenters. The zero-order valence-corrected chi connectivity index (χ0v) is 12.1. The van der Waals surface area contributed by atoms with Gasteiger partial charge in [-0.1, -0.05) is 12.1 Å². The summed E-state index contributed by atoms with van der Waals surface area (Å²) in [6.45, 7) is 0. The maximum Gasteiger partial charge on any atom is 0.352 e. The van der Waals surface area contributed by atoms with Crippen molar-refractivity contribution in [1.82, 2.24) is 18.9 Å². The molecule has 0 radical (unpaired) electrons. The van der Waals surface area contributed by atoms with Crippen molar-refractivity contribution in [1.29, 1.82) is 0 Å². The molecule has 8 heteroatoms. The molecule has 2 aromatic carbocycles. The number of H-pyrrole nitrogens is 1. The van der Waals surface area contributed by atoms with E-state index in [1.807, 2.05) is 0 Å². The Bertz CT molecular complexity index is 1270. The molecule has 4 rings (SSSR count). The van der Waals surface area contributed by atoms with Gasteiger partial charge in [-0.2, -0.15) is 4.98 Å². The number of aromatic nitrogens is 4. The molecule has 0 fully saturated rings. The molecule has 0 aliphatic carbocycles. The predicted molar refractivity (Wildman–Crippen MR) is 85.1 cm³/mol. The molecule has 7 nitrogen and oxygen atoms in total. The van der Waals surface area contributed by atoms with Crippen LogP contribution in [0.3, 0.4) is 0 Å². The van der Waals surface area contributed by atoms with Gasteiger partial charge in [0.05, 0.1) is 16.6 Å². The van der Waals surface area contributed by atoms with Crippen LogP contribution < -0.4 is 16.9 Å². The van der Waals surface area contributed by atoms with Crippen molar-refractivity contribution in [2.75, 3.05) is 0 Å². The fourth-order valence-corrected chi connectivity index (χ4v) is 2.66. The molecule has 0 aliphatic heterocycles. The van der Waals surface area contributed by atoms with Gasteiger partial charge in [-0.25, -0.2) is 22.9 Å². The van der Waals surface area contributed by atoms with E-state index in [1.54, 1.807) is 24.3 Å². The van der Waals surface area contributed by atoms with Crippen LogP contribution in [0.5, 0.6) is 0 Å². The Labute approximate surface area is 132 Å². The summed E-state index contributed by atoms with van der Waals surface area (Å²) in [6, 6.07) is 11.6. The van der Waals surface area contributed by atoms with Crippen molar-refractivity contribution < 1.29 is 4.39 Å². The third-order valence-electron chi connectivity index (χ3n) is 3.68. The van der Waals surface area contributed by atoms with Gasteiger partial charge in [0.1, 0.15) is 5.82 Å². The SMILES string of the molecule is O=c1nc2n(-c3ccc(F)cc3)c(=O)c3ccccc3n2c(=O)[nH]1. The lowest BCUT2D eigenvalue weighted by Crippen LogP contribution is -2.34. The highest BCUT2D eigenvalue weighted by atomic mass is 19.1. The maximum atomic E-state index is 13.2. The molecule has 0 bridgehead atoms. The number of benzene rings is 2. The molecular weight excluding hydrogens is 315 g/mol. The van der Waals surface area contributed by atoms with Crippen LogP contribution in [0.25, 0.3) is 22.4 Å². The zero-order valence-electron chi connectivity index (χ0n) is 12.1. The summed E-state index contributed by atoms with van der Waals surface area (Å²) < 4.78 is 15.4. The van der Waals surface area contributed by atoms with E-state index in [9.17, 15) is 18.8 Å². The summed E-state index contributed by atoms with van der Waals surface area (Å²) in [5.41, 5.74) is -1.43. The van der Waals surface area contributed by atoms with E-state index in [0.717, 1.165) is 8.97 Å². The van der Waals surface area contributed by atoms with E-state index in [0.29, 0.717) is 11.2 Å². The molecule has 2 aromatic heterocycles. The summed E-state index contributed by atoms with van der Waals surface area (Å²) in [4.78, 5) is 42.6. The van der Waals surface area contributed by atoms with Gasteiger partial charge in [-0.05, 0) is 36.4 Å². The van der Waals surface area contributed by atoms with Gasteiger partial charge in [0.25, 0.3) is 5.56 Å². The third kappa shape index (κ3) is 1.97. The number of halogens is 1. The lowest BCUT2D eigenvalue weighted by atomic mass is 10.2. The zero-order chi connectivity index (χ0) is 16.8. The van der Waals surface area contributed by atoms with Crippen LogP contribution in [-0.2, 0) is 0 Å². The second kappa shape index (κ2) is 4.98. The molecule has 2 heterocycles. The topological polar surface area (TPSA) is 89.2 Å². The number of aromatic amines is 1. The van der Waals surface area contributed by atoms with Crippen LogP contribution in [0.4, 0.5) is 4.39 Å². The predicted octanol–water partition coefficient (Wildman–Crippen LogP) is 0.826. The molecule has 0 saturated carbocycles. The normalized spacial score (nSPS) is 11.2. The number of hydrogen-bond acceptors (Lipinski definition) is 4. The number of rotatable bonds is 1. The summed E-state index contributed by atoms with van der Waals surface area (Å²) in [6.07, 6.45) is 0. The Balaban J connectivity index is 2.33. The molecule has 1 N–H and O–H groups in total. The molecule has 4 aromatic rings. The molecule has 0 saturated heterocycles. The van der Waals surface area contributed by atoms with E-state index in [4.69, 9.17) is 0 Å². The Morgan fingerprint density at radius 3 is 2.42 bits per heavy atom. The van der Waals surface area contributed by atoms with E-state index in [2.05, 4.69) is 9.97 Å². The maximum absolute atomic E-state index is 13.2. The lowest BCUT2D eigenvalue weighted by Gasteiger charge is -2.12. The van der Waals surface area contributed by atoms with Gasteiger partial charge in [0, 0.05) is 0 Å². The van der Waals surface area contributed by atoms with Crippen LogP contribution in [0.15, 0.2) is 62.9 Å². The van der Waals surface area contributed by atoms with Gasteiger partial charge < -0.3 is 0 Å². The first kappa shape index (κ1) is 14.1. The van der Waals surface area contributed by atoms with Crippen molar-refractivity contribution in [2.24, 2.45) is 0 Å². The minimum atomic E-state index is -0.870. The lowest BCUT2D eigenvalue weighted by molar-refractivity contribution is 0.627. The van der Waals surface area contributed by atoms with E-state index in [-0.39, 0.29) is 11.2 Å². The molecule has 118 valence electrons. The third-order valence-corrected chi connectivity index (χ3v) is 3.68. The smallest absolute Gasteiger partial charge is 0.268 e. The molecule has 0 atom stereocenters. The summed E-state index contributed by atoms with van der Waals surface area (Å²) >= 11 is 0. The summed E-state index contributed by atoms with van der Waals surface area (Å²) in [5, 5.41) is 0.269. The average molecular weight is 324 g/mol. The Morgan fingerprint density at radius 1 is 0.958 bits per heavy atom. The second-order valence-corrected chi connectivity index (χ2v) is 5.12. The van der Waals surface area contributed by atoms with Crippen LogP contribution in [-0.4, -0.2) is 18.9 Å². The van der Waals surface area contributed by atoms with Crippen molar-refractivity contribution >= 4 is 16.7 Å². The molecule has 0 amide bonds. The van der Waals surface area contributed by atoms with Crippen LogP contribution in [0, 0.1) is 5.82 Å². The first-order valence-electron chi connectivity index (χ1n) is 6.99. The minimum absolute atomic E-state index is 0.140. The van der Waals surface area contributed by atoms with Crippen molar-refractivity contribution in [3.63, 3.8) is 0 Å². The summed E-state index contributed by atoms with van der Waals surface area (Å²) in [5.74, 6) is -0.612.